The van der Waals surface area contributed by atoms with E-state index in [1.165, 1.54) is 0 Å². The molecule has 2 heterocycles. The van der Waals surface area contributed by atoms with Gasteiger partial charge in [0.1, 0.15) is 11.5 Å². The van der Waals surface area contributed by atoms with Crippen molar-refractivity contribution in [1.29, 1.82) is 0 Å². The normalized spacial score (nSPS) is 17.6. The lowest BCUT2D eigenvalue weighted by molar-refractivity contribution is -0.145. The summed E-state index contributed by atoms with van der Waals surface area (Å²) in [5.74, 6) is 1.24. The number of hydrogen-bond donors (Lipinski definition) is 0. The van der Waals surface area contributed by atoms with Crippen molar-refractivity contribution in [2.45, 2.75) is 45.6 Å². The summed E-state index contributed by atoms with van der Waals surface area (Å²) in [5.41, 5.74) is 0.0641. The number of amides is 2. The molecule has 2 saturated heterocycles. The third-order valence-corrected chi connectivity index (χ3v) is 7.38. The number of nitrogens with zero attached hydrogens (tertiary/aromatic N) is 2. The molecule has 0 bridgehead atoms. The Hall–Kier alpha value is -2.73. The number of carbonyl (C=O) groups is 2. The highest BCUT2D eigenvalue weighted by molar-refractivity contribution is 6.32. The molecule has 6 nitrogen and oxygen atoms in total. The van der Waals surface area contributed by atoms with Gasteiger partial charge in [-0.3, -0.25) is 9.59 Å². The Kier molecular flexibility index (Phi) is 7.08. The van der Waals surface area contributed by atoms with Gasteiger partial charge in [-0.15, -0.1) is 0 Å². The van der Waals surface area contributed by atoms with Gasteiger partial charge in [-0.05, 0) is 69.2 Å². The summed E-state index contributed by atoms with van der Waals surface area (Å²) >= 11 is 6.22. The van der Waals surface area contributed by atoms with Crippen molar-refractivity contribution in [3.63, 3.8) is 0 Å². The Morgan fingerprint density at radius 2 is 1.53 bits per heavy atom. The number of carbonyl (C=O) groups excluding carboxylic acids is 2. The van der Waals surface area contributed by atoms with E-state index in [2.05, 4.69) is 0 Å². The minimum absolute atomic E-state index is 0.0123. The topological polar surface area (TPSA) is 59.1 Å². The summed E-state index contributed by atoms with van der Waals surface area (Å²) in [6.07, 6.45) is 2.72. The van der Waals surface area contributed by atoms with Crippen LogP contribution in [0, 0.1) is 12.3 Å². The number of likely N-dealkylation sites (tertiary alicyclic amines) is 2. The van der Waals surface area contributed by atoms with Crippen molar-refractivity contribution < 1.29 is 19.1 Å². The van der Waals surface area contributed by atoms with Crippen molar-refractivity contribution in [2.75, 3.05) is 32.8 Å². The fourth-order valence-electron chi connectivity index (χ4n) is 4.92. The molecule has 0 unspecified atom stereocenters. The number of piperidine rings is 1. The quantitative estimate of drug-likeness (QED) is 0.595. The molecule has 2 amide bonds. The smallest absolute Gasteiger partial charge is 0.266 e. The van der Waals surface area contributed by atoms with E-state index in [0.717, 1.165) is 30.6 Å². The van der Waals surface area contributed by atoms with E-state index in [0.29, 0.717) is 37.0 Å². The molecule has 0 aromatic heterocycles. The molecule has 1 spiro atoms. The van der Waals surface area contributed by atoms with Crippen molar-refractivity contribution in [3.05, 3.63) is 59.1 Å². The number of para-hydroxylation sites is 2. The Bertz CT molecular complexity index is 1050. The highest BCUT2D eigenvalue weighted by Crippen LogP contribution is 2.41. The molecule has 182 valence electrons. The average molecular weight is 485 g/mol. The number of ether oxygens (including phenoxy) is 2. The molecular formula is C27H33ClN2O4. The van der Waals surface area contributed by atoms with Crippen LogP contribution in [0.25, 0.3) is 0 Å². The predicted octanol–water partition coefficient (Wildman–Crippen LogP) is 4.73. The second-order valence-corrected chi connectivity index (χ2v) is 10.4. The lowest BCUT2D eigenvalue weighted by Crippen LogP contribution is -2.50. The summed E-state index contributed by atoms with van der Waals surface area (Å²) in [6, 6.07) is 14.9. The first kappa shape index (κ1) is 24.4. The van der Waals surface area contributed by atoms with Crippen LogP contribution in [0.1, 0.15) is 38.7 Å². The minimum atomic E-state index is -1.01. The molecule has 2 aromatic rings. The van der Waals surface area contributed by atoms with E-state index >= 15 is 0 Å². The molecular weight excluding hydrogens is 452 g/mol. The third-order valence-electron chi connectivity index (χ3n) is 7.06. The van der Waals surface area contributed by atoms with Crippen LogP contribution in [0.15, 0.2) is 48.5 Å². The first-order valence-electron chi connectivity index (χ1n) is 11.9. The molecule has 4 rings (SSSR count). The maximum Gasteiger partial charge on any atom is 0.266 e. The van der Waals surface area contributed by atoms with Gasteiger partial charge in [0.2, 0.25) is 0 Å². The Morgan fingerprint density at radius 3 is 2.18 bits per heavy atom. The maximum atomic E-state index is 13.3. The van der Waals surface area contributed by atoms with Gasteiger partial charge in [0.05, 0.1) is 5.02 Å². The lowest BCUT2D eigenvalue weighted by Gasteiger charge is -2.39. The van der Waals surface area contributed by atoms with E-state index in [4.69, 9.17) is 21.1 Å². The molecule has 2 aliphatic rings. The first-order valence-corrected chi connectivity index (χ1v) is 12.3. The van der Waals surface area contributed by atoms with Gasteiger partial charge in [0.15, 0.2) is 12.2 Å². The zero-order valence-corrected chi connectivity index (χ0v) is 20.9. The highest BCUT2D eigenvalue weighted by Gasteiger charge is 2.46. The van der Waals surface area contributed by atoms with E-state index < -0.39 is 5.60 Å². The van der Waals surface area contributed by atoms with Gasteiger partial charge < -0.3 is 19.3 Å². The highest BCUT2D eigenvalue weighted by atomic mass is 35.5. The molecule has 0 saturated carbocycles. The first-order chi connectivity index (χ1) is 16.2. The summed E-state index contributed by atoms with van der Waals surface area (Å²) in [4.78, 5) is 29.8. The van der Waals surface area contributed by atoms with Gasteiger partial charge in [-0.25, -0.2) is 0 Å². The van der Waals surface area contributed by atoms with Crippen LogP contribution >= 0.6 is 11.6 Å². The van der Waals surface area contributed by atoms with Gasteiger partial charge in [-0.1, -0.05) is 41.9 Å². The Morgan fingerprint density at radius 1 is 0.941 bits per heavy atom. The zero-order chi connectivity index (χ0) is 24.3. The van der Waals surface area contributed by atoms with Crippen molar-refractivity contribution in [3.8, 4) is 11.5 Å². The molecule has 2 aliphatic heterocycles. The average Bonchev–Trinajstić information content (AvgIpc) is 3.23. The van der Waals surface area contributed by atoms with Crippen LogP contribution in [0.3, 0.4) is 0 Å². The third kappa shape index (κ3) is 5.33. The van der Waals surface area contributed by atoms with Crippen molar-refractivity contribution >= 4 is 23.4 Å². The summed E-state index contributed by atoms with van der Waals surface area (Å²) in [5, 5.41) is 0.490. The fraction of sp³-hybridized carbons (Fsp3) is 0.481. The number of rotatable bonds is 6. The van der Waals surface area contributed by atoms with Crippen LogP contribution in [-0.2, 0) is 9.59 Å². The summed E-state index contributed by atoms with van der Waals surface area (Å²) in [7, 11) is 0. The fourth-order valence-corrected chi connectivity index (χ4v) is 5.10. The summed E-state index contributed by atoms with van der Waals surface area (Å²) in [6.45, 7) is 8.39. The molecule has 0 N–H and O–H groups in total. The van der Waals surface area contributed by atoms with Crippen LogP contribution in [0.4, 0.5) is 0 Å². The Balaban J connectivity index is 1.29. The van der Waals surface area contributed by atoms with Gasteiger partial charge in [0.25, 0.3) is 11.8 Å². The SMILES string of the molecule is Cc1ccccc1OCC(=O)N1CCC2(CC1)CCN(C(=O)C(C)(C)Oc1ccccc1Cl)C2. The number of hydrogen-bond acceptors (Lipinski definition) is 4. The monoisotopic (exact) mass is 484 g/mol. The van der Waals surface area contributed by atoms with E-state index in [1.54, 1.807) is 26.0 Å². The molecule has 2 fully saturated rings. The molecule has 0 aliphatic carbocycles. The van der Waals surface area contributed by atoms with Gasteiger partial charge in [-0.2, -0.15) is 0 Å². The van der Waals surface area contributed by atoms with Gasteiger partial charge >= 0.3 is 0 Å². The van der Waals surface area contributed by atoms with Crippen LogP contribution in [-0.4, -0.2) is 60.0 Å². The second kappa shape index (κ2) is 9.87. The van der Waals surface area contributed by atoms with E-state index in [9.17, 15) is 9.59 Å². The largest absolute Gasteiger partial charge is 0.484 e. The zero-order valence-electron chi connectivity index (χ0n) is 20.2. The molecule has 0 radical (unpaired) electrons. The van der Waals surface area contributed by atoms with Crippen LogP contribution in [0.2, 0.25) is 5.02 Å². The lowest BCUT2D eigenvalue weighted by atomic mass is 9.77. The molecule has 0 atom stereocenters. The second-order valence-electron chi connectivity index (χ2n) is 9.95. The minimum Gasteiger partial charge on any atom is -0.484 e. The standard InChI is InChI=1S/C27H33ClN2O4/c1-20-8-4-6-10-22(20)33-18-24(31)29-15-12-27(13-16-29)14-17-30(19-27)25(32)26(2,3)34-23-11-7-5-9-21(23)28/h4-11H,12-19H2,1-3H3. The molecule has 7 heteroatoms. The van der Waals surface area contributed by atoms with Gasteiger partial charge in [0, 0.05) is 26.2 Å². The van der Waals surface area contributed by atoms with Crippen LogP contribution in [0.5, 0.6) is 11.5 Å². The maximum absolute atomic E-state index is 13.3. The molecule has 2 aromatic carbocycles. The number of halogens is 1. The summed E-state index contributed by atoms with van der Waals surface area (Å²) < 4.78 is 11.8. The van der Waals surface area contributed by atoms with Crippen molar-refractivity contribution in [2.24, 2.45) is 5.41 Å². The van der Waals surface area contributed by atoms with Crippen LogP contribution < -0.4 is 9.47 Å². The predicted molar refractivity (Wildman–Crippen MR) is 132 cm³/mol. The number of aryl methyl sites for hydroxylation is 1. The van der Waals surface area contributed by atoms with E-state index in [-0.39, 0.29) is 23.8 Å². The number of benzene rings is 2. The Labute approximate surface area is 206 Å². The molecule has 34 heavy (non-hydrogen) atoms. The van der Waals surface area contributed by atoms with Crippen molar-refractivity contribution in [1.82, 2.24) is 9.80 Å². The van der Waals surface area contributed by atoms with E-state index in [1.807, 2.05) is 53.1 Å².